The van der Waals surface area contributed by atoms with Gasteiger partial charge in [0.05, 0.1) is 0 Å². The Morgan fingerprint density at radius 3 is 2.43 bits per heavy atom. The van der Waals surface area contributed by atoms with Crippen molar-refractivity contribution in [1.82, 2.24) is 4.90 Å². The topological polar surface area (TPSA) is 20.3 Å². The molecule has 0 unspecified atom stereocenters. The summed E-state index contributed by atoms with van der Waals surface area (Å²) in [4.78, 5) is 15.0. The van der Waals surface area contributed by atoms with E-state index >= 15 is 0 Å². The van der Waals surface area contributed by atoms with Crippen LogP contribution >= 0.6 is 23.4 Å². The van der Waals surface area contributed by atoms with E-state index in [1.165, 1.54) is 0 Å². The van der Waals surface area contributed by atoms with Gasteiger partial charge in [-0.15, -0.1) is 11.8 Å². The zero-order chi connectivity index (χ0) is 15.1. The number of carbonyl (C=O) groups excluding carboxylic acids is 1. The second kappa shape index (κ2) is 8.11. The maximum absolute atomic E-state index is 12.1. The minimum atomic E-state index is 0.167. The van der Waals surface area contributed by atoms with Gasteiger partial charge in [0.2, 0.25) is 5.91 Å². The summed E-state index contributed by atoms with van der Waals surface area (Å²) in [6.07, 6.45) is 0.538. The largest absolute Gasteiger partial charge is 0.341 e. The van der Waals surface area contributed by atoms with Gasteiger partial charge in [-0.25, -0.2) is 0 Å². The van der Waals surface area contributed by atoms with E-state index in [9.17, 15) is 4.79 Å². The SMILES string of the molecule is CN(Cc1ccccc1)C(=O)CCSc1ccc(Cl)cc1. The average Bonchev–Trinajstić information content (AvgIpc) is 2.50. The maximum atomic E-state index is 12.1. The molecule has 1 amide bonds. The van der Waals surface area contributed by atoms with Crippen LogP contribution in [0.5, 0.6) is 0 Å². The van der Waals surface area contributed by atoms with E-state index in [-0.39, 0.29) is 5.91 Å². The Labute approximate surface area is 135 Å². The first kappa shape index (κ1) is 15.9. The molecule has 0 aromatic heterocycles. The molecule has 2 aromatic rings. The van der Waals surface area contributed by atoms with E-state index in [1.807, 2.05) is 61.6 Å². The van der Waals surface area contributed by atoms with E-state index < -0.39 is 0 Å². The predicted octanol–water partition coefficient (Wildman–Crippen LogP) is 4.48. The highest BCUT2D eigenvalue weighted by atomic mass is 35.5. The van der Waals surface area contributed by atoms with Crippen molar-refractivity contribution in [2.45, 2.75) is 17.9 Å². The van der Waals surface area contributed by atoms with Gasteiger partial charge in [0, 0.05) is 35.7 Å². The molecule has 0 saturated carbocycles. The summed E-state index contributed by atoms with van der Waals surface area (Å²) >= 11 is 7.52. The van der Waals surface area contributed by atoms with Crippen molar-refractivity contribution in [1.29, 1.82) is 0 Å². The first-order chi connectivity index (χ1) is 10.1. The molecule has 0 radical (unpaired) electrons. The van der Waals surface area contributed by atoms with Gasteiger partial charge in [-0.1, -0.05) is 41.9 Å². The summed E-state index contributed by atoms with van der Waals surface area (Å²) in [5, 5.41) is 0.734. The molecule has 4 heteroatoms. The number of carbonyl (C=O) groups is 1. The van der Waals surface area contributed by atoms with Gasteiger partial charge < -0.3 is 4.90 Å². The van der Waals surface area contributed by atoms with Crippen LogP contribution < -0.4 is 0 Å². The van der Waals surface area contributed by atoms with Crippen molar-refractivity contribution in [2.24, 2.45) is 0 Å². The molecule has 0 aliphatic carbocycles. The van der Waals surface area contributed by atoms with Crippen LogP contribution in [0, 0.1) is 0 Å². The van der Waals surface area contributed by atoms with Crippen LogP contribution in [0.1, 0.15) is 12.0 Å². The van der Waals surface area contributed by atoms with E-state index in [2.05, 4.69) is 0 Å². The minimum absolute atomic E-state index is 0.167. The molecule has 0 bridgehead atoms. The van der Waals surface area contributed by atoms with Gasteiger partial charge >= 0.3 is 0 Å². The van der Waals surface area contributed by atoms with Crippen molar-refractivity contribution in [3.63, 3.8) is 0 Å². The molecule has 0 fully saturated rings. The minimum Gasteiger partial charge on any atom is -0.341 e. The van der Waals surface area contributed by atoms with E-state index in [4.69, 9.17) is 11.6 Å². The number of benzene rings is 2. The second-order valence-corrected chi connectivity index (χ2v) is 6.39. The molecule has 2 aromatic carbocycles. The highest BCUT2D eigenvalue weighted by molar-refractivity contribution is 7.99. The quantitative estimate of drug-likeness (QED) is 0.732. The van der Waals surface area contributed by atoms with E-state index in [1.54, 1.807) is 16.7 Å². The Hall–Kier alpha value is -1.45. The van der Waals surface area contributed by atoms with Gasteiger partial charge in [-0.3, -0.25) is 4.79 Å². The van der Waals surface area contributed by atoms with Crippen LogP contribution in [0.15, 0.2) is 59.5 Å². The molecule has 110 valence electrons. The first-order valence-corrected chi connectivity index (χ1v) is 8.18. The van der Waals surface area contributed by atoms with Gasteiger partial charge in [0.1, 0.15) is 0 Å². The highest BCUT2D eigenvalue weighted by Gasteiger charge is 2.09. The zero-order valence-corrected chi connectivity index (χ0v) is 13.5. The lowest BCUT2D eigenvalue weighted by molar-refractivity contribution is -0.129. The molecular formula is C17H18ClNOS. The first-order valence-electron chi connectivity index (χ1n) is 6.81. The lowest BCUT2D eigenvalue weighted by atomic mass is 10.2. The average molecular weight is 320 g/mol. The number of hydrogen-bond acceptors (Lipinski definition) is 2. The van der Waals surface area contributed by atoms with Crippen LogP contribution in [0.3, 0.4) is 0 Å². The van der Waals surface area contributed by atoms with Gasteiger partial charge in [0.25, 0.3) is 0 Å². The summed E-state index contributed by atoms with van der Waals surface area (Å²) in [7, 11) is 1.85. The fourth-order valence-corrected chi connectivity index (χ4v) is 2.89. The molecule has 0 saturated heterocycles. The van der Waals surface area contributed by atoms with Crippen LogP contribution in [-0.2, 0) is 11.3 Å². The molecule has 0 N–H and O–H groups in total. The molecule has 0 spiro atoms. The molecule has 2 rings (SSSR count). The predicted molar refractivity (Wildman–Crippen MR) is 89.7 cm³/mol. The summed E-state index contributed by atoms with van der Waals surface area (Å²) < 4.78 is 0. The Balaban J connectivity index is 1.75. The molecule has 0 heterocycles. The summed E-state index contributed by atoms with van der Waals surface area (Å²) in [5.74, 6) is 0.944. The smallest absolute Gasteiger partial charge is 0.223 e. The van der Waals surface area contributed by atoms with Crippen molar-refractivity contribution < 1.29 is 4.79 Å². The lowest BCUT2D eigenvalue weighted by Crippen LogP contribution is -2.26. The molecule has 21 heavy (non-hydrogen) atoms. The number of nitrogens with zero attached hydrogens (tertiary/aromatic N) is 1. The van der Waals surface area contributed by atoms with Crippen molar-refractivity contribution >= 4 is 29.3 Å². The maximum Gasteiger partial charge on any atom is 0.223 e. The number of rotatable bonds is 6. The summed E-state index contributed by atoms with van der Waals surface area (Å²) in [5.41, 5.74) is 1.15. The Morgan fingerprint density at radius 1 is 1.10 bits per heavy atom. The zero-order valence-electron chi connectivity index (χ0n) is 12.0. The molecule has 0 aliphatic rings. The molecule has 0 aliphatic heterocycles. The number of halogens is 1. The molecule has 0 atom stereocenters. The lowest BCUT2D eigenvalue weighted by Gasteiger charge is -2.17. The normalized spacial score (nSPS) is 10.4. The van der Waals surface area contributed by atoms with E-state index in [0.717, 1.165) is 21.2 Å². The van der Waals surface area contributed by atoms with Crippen molar-refractivity contribution in [2.75, 3.05) is 12.8 Å². The van der Waals surface area contributed by atoms with Gasteiger partial charge in [-0.05, 0) is 29.8 Å². The van der Waals surface area contributed by atoms with Crippen LogP contribution in [-0.4, -0.2) is 23.6 Å². The monoisotopic (exact) mass is 319 g/mol. The van der Waals surface area contributed by atoms with Crippen molar-refractivity contribution in [3.05, 3.63) is 65.2 Å². The standard InChI is InChI=1S/C17H18ClNOS/c1-19(13-14-5-3-2-4-6-14)17(20)11-12-21-16-9-7-15(18)8-10-16/h2-10H,11-13H2,1H3. The number of amides is 1. The number of thioether (sulfide) groups is 1. The fraction of sp³-hybridized carbons (Fsp3) is 0.235. The van der Waals surface area contributed by atoms with E-state index in [0.29, 0.717) is 13.0 Å². The third kappa shape index (κ3) is 5.44. The van der Waals surface area contributed by atoms with Gasteiger partial charge in [0.15, 0.2) is 0 Å². The molecule has 2 nitrogen and oxygen atoms in total. The van der Waals surface area contributed by atoms with Gasteiger partial charge in [-0.2, -0.15) is 0 Å². The van der Waals surface area contributed by atoms with Crippen LogP contribution in [0.25, 0.3) is 0 Å². The third-order valence-corrected chi connectivity index (χ3v) is 4.35. The molecular weight excluding hydrogens is 302 g/mol. The summed E-state index contributed by atoms with van der Waals surface area (Å²) in [6, 6.07) is 17.7. The van der Waals surface area contributed by atoms with Crippen LogP contribution in [0.4, 0.5) is 0 Å². The summed E-state index contributed by atoms with van der Waals surface area (Å²) in [6.45, 7) is 0.658. The second-order valence-electron chi connectivity index (χ2n) is 4.79. The number of hydrogen-bond donors (Lipinski definition) is 0. The fourth-order valence-electron chi connectivity index (χ4n) is 1.92. The Morgan fingerprint density at radius 2 is 1.76 bits per heavy atom. The Kier molecular flexibility index (Phi) is 6.15. The highest BCUT2D eigenvalue weighted by Crippen LogP contribution is 2.21. The van der Waals surface area contributed by atoms with Crippen molar-refractivity contribution in [3.8, 4) is 0 Å². The third-order valence-electron chi connectivity index (χ3n) is 3.09. The van der Waals surface area contributed by atoms with Crippen LogP contribution in [0.2, 0.25) is 5.02 Å². The Bertz CT molecular complexity index is 571.